The zero-order valence-corrected chi connectivity index (χ0v) is 27.0. The lowest BCUT2D eigenvalue weighted by atomic mass is 10.0. The van der Waals surface area contributed by atoms with Gasteiger partial charge in [0.25, 0.3) is 0 Å². The summed E-state index contributed by atoms with van der Waals surface area (Å²) in [4.78, 5) is 28.9. The van der Waals surface area contributed by atoms with E-state index in [0.717, 1.165) is 18.7 Å². The van der Waals surface area contributed by atoms with Crippen LogP contribution < -0.4 is 9.62 Å². The summed E-state index contributed by atoms with van der Waals surface area (Å²) in [7, 11) is -4.35. The molecule has 3 rings (SSSR count). The van der Waals surface area contributed by atoms with Crippen molar-refractivity contribution in [2.24, 2.45) is 0 Å². The number of rotatable bonds is 13. The van der Waals surface area contributed by atoms with E-state index in [4.69, 9.17) is 34.8 Å². The molecule has 0 radical (unpaired) electrons. The van der Waals surface area contributed by atoms with Crippen molar-refractivity contribution in [3.8, 4) is 0 Å². The summed E-state index contributed by atoms with van der Waals surface area (Å²) in [6, 6.07) is 14.5. The highest BCUT2D eigenvalue weighted by atomic mass is 35.5. The molecule has 44 heavy (non-hydrogen) atoms. The number of nitrogens with zero attached hydrogens (tertiary/aromatic N) is 2. The molecule has 7 nitrogen and oxygen atoms in total. The van der Waals surface area contributed by atoms with Crippen LogP contribution >= 0.6 is 34.8 Å². The van der Waals surface area contributed by atoms with Gasteiger partial charge in [0.1, 0.15) is 12.6 Å². The summed E-state index contributed by atoms with van der Waals surface area (Å²) in [6.07, 6.45) is -2.53. The highest BCUT2D eigenvalue weighted by Crippen LogP contribution is 2.36. The zero-order valence-electron chi connectivity index (χ0n) is 23.9. The van der Waals surface area contributed by atoms with Crippen molar-refractivity contribution < 1.29 is 31.2 Å². The van der Waals surface area contributed by atoms with E-state index >= 15 is 0 Å². The molecular formula is C30H31Cl3F3N3O4S. The molecule has 0 aliphatic rings. The van der Waals surface area contributed by atoms with Crippen LogP contribution in [0.1, 0.15) is 36.5 Å². The second-order valence-corrected chi connectivity index (χ2v) is 13.2. The molecule has 0 heterocycles. The van der Waals surface area contributed by atoms with E-state index in [1.807, 2.05) is 6.92 Å². The van der Waals surface area contributed by atoms with Gasteiger partial charge in [-0.25, -0.2) is 8.42 Å². The van der Waals surface area contributed by atoms with Gasteiger partial charge in [-0.15, -0.1) is 0 Å². The molecule has 1 atom stereocenters. The largest absolute Gasteiger partial charge is 0.416 e. The first-order chi connectivity index (χ1) is 20.6. The van der Waals surface area contributed by atoms with E-state index in [2.05, 4.69) is 5.32 Å². The molecular weight excluding hydrogens is 662 g/mol. The average molecular weight is 693 g/mol. The van der Waals surface area contributed by atoms with Crippen LogP contribution in [0.4, 0.5) is 18.9 Å². The summed E-state index contributed by atoms with van der Waals surface area (Å²) in [5.74, 6) is -1.37. The van der Waals surface area contributed by atoms with Crippen LogP contribution in [-0.2, 0) is 38.8 Å². The van der Waals surface area contributed by atoms with E-state index in [1.54, 1.807) is 42.5 Å². The van der Waals surface area contributed by atoms with Crippen molar-refractivity contribution in [2.45, 2.75) is 44.9 Å². The Morgan fingerprint density at radius 3 is 2.23 bits per heavy atom. The van der Waals surface area contributed by atoms with Gasteiger partial charge in [-0.1, -0.05) is 84.5 Å². The zero-order chi connectivity index (χ0) is 32.7. The number of alkyl halides is 3. The first kappa shape index (κ1) is 35.5. The van der Waals surface area contributed by atoms with Crippen molar-refractivity contribution in [1.82, 2.24) is 10.2 Å². The number of anilines is 1. The molecule has 0 saturated carbocycles. The number of carbonyl (C=O) groups is 2. The number of halogens is 6. The van der Waals surface area contributed by atoms with E-state index in [9.17, 15) is 31.2 Å². The van der Waals surface area contributed by atoms with E-state index in [0.29, 0.717) is 45.6 Å². The maximum atomic E-state index is 14.1. The Balaban J connectivity index is 2.12. The molecule has 14 heteroatoms. The Hall–Kier alpha value is -2.99. The van der Waals surface area contributed by atoms with Crippen molar-refractivity contribution in [1.29, 1.82) is 0 Å². The summed E-state index contributed by atoms with van der Waals surface area (Å²) in [6.45, 7) is 1.10. The molecule has 3 aromatic carbocycles. The minimum Gasteiger partial charge on any atom is -0.354 e. The predicted octanol–water partition coefficient (Wildman–Crippen LogP) is 6.99. The third-order valence-electron chi connectivity index (χ3n) is 6.68. The first-order valence-corrected chi connectivity index (χ1v) is 16.5. The number of nitrogens with one attached hydrogen (secondary N) is 1. The highest BCUT2D eigenvalue weighted by molar-refractivity contribution is 7.92. The summed E-state index contributed by atoms with van der Waals surface area (Å²) >= 11 is 18.7. The number of amides is 2. The van der Waals surface area contributed by atoms with Gasteiger partial charge in [0.15, 0.2) is 0 Å². The molecule has 0 aliphatic carbocycles. The van der Waals surface area contributed by atoms with Crippen LogP contribution in [0.3, 0.4) is 0 Å². The van der Waals surface area contributed by atoms with E-state index in [1.165, 1.54) is 11.0 Å². The molecule has 0 aliphatic heterocycles. The van der Waals surface area contributed by atoms with E-state index < -0.39 is 51.9 Å². The lowest BCUT2D eigenvalue weighted by Gasteiger charge is -2.34. The fourth-order valence-corrected chi connectivity index (χ4v) is 5.96. The molecule has 0 fully saturated rings. The van der Waals surface area contributed by atoms with Gasteiger partial charge in [-0.05, 0) is 47.9 Å². The maximum absolute atomic E-state index is 14.1. The van der Waals surface area contributed by atoms with Gasteiger partial charge in [0.05, 0.1) is 22.5 Å². The molecule has 0 unspecified atom stereocenters. The predicted molar refractivity (Wildman–Crippen MR) is 168 cm³/mol. The molecule has 2 amide bonds. The number of unbranched alkanes of at least 4 members (excludes halogenated alkanes) is 1. The Labute approximate surface area is 269 Å². The van der Waals surface area contributed by atoms with Crippen LogP contribution in [-0.4, -0.2) is 50.5 Å². The second kappa shape index (κ2) is 15.3. The minimum absolute atomic E-state index is 0.0545. The van der Waals surface area contributed by atoms with Crippen molar-refractivity contribution in [2.75, 3.05) is 23.7 Å². The molecule has 238 valence electrons. The van der Waals surface area contributed by atoms with Crippen LogP contribution in [0.5, 0.6) is 0 Å². The third-order valence-corrected chi connectivity index (χ3v) is 8.71. The molecule has 0 spiro atoms. The normalized spacial score (nSPS) is 12.5. The van der Waals surface area contributed by atoms with Gasteiger partial charge in [-0.2, -0.15) is 13.2 Å². The SMILES string of the molecule is CCCCNC(=O)[C@@H](Cc1ccccc1)N(Cc1ccc(Cl)cc1Cl)C(=O)CN(c1cc(C(F)(F)F)ccc1Cl)S(C)(=O)=O. The van der Waals surface area contributed by atoms with Crippen LogP contribution in [0, 0.1) is 0 Å². The third kappa shape index (κ3) is 9.76. The fourth-order valence-electron chi connectivity index (χ4n) is 4.37. The number of sulfonamides is 1. The molecule has 3 aromatic rings. The Kier molecular flexibility index (Phi) is 12.4. The van der Waals surface area contributed by atoms with Gasteiger partial charge in [0, 0.05) is 29.6 Å². The smallest absolute Gasteiger partial charge is 0.354 e. The number of carbonyl (C=O) groups excluding carboxylic acids is 2. The molecule has 0 bridgehead atoms. The maximum Gasteiger partial charge on any atom is 0.416 e. The van der Waals surface area contributed by atoms with Crippen molar-refractivity contribution in [3.63, 3.8) is 0 Å². The van der Waals surface area contributed by atoms with Gasteiger partial charge >= 0.3 is 6.18 Å². The fraction of sp³-hybridized carbons (Fsp3) is 0.333. The minimum atomic E-state index is -4.80. The second-order valence-electron chi connectivity index (χ2n) is 10.0. The van der Waals surface area contributed by atoms with Crippen molar-refractivity contribution >= 4 is 62.3 Å². The van der Waals surface area contributed by atoms with Gasteiger partial charge in [-0.3, -0.25) is 13.9 Å². The molecule has 0 saturated heterocycles. The number of benzene rings is 3. The average Bonchev–Trinajstić information content (AvgIpc) is 2.94. The Morgan fingerprint density at radius 1 is 0.955 bits per heavy atom. The van der Waals surface area contributed by atoms with Crippen LogP contribution in [0.15, 0.2) is 66.7 Å². The molecule has 0 aromatic heterocycles. The lowest BCUT2D eigenvalue weighted by molar-refractivity contribution is -0.140. The molecule has 1 N–H and O–H groups in total. The van der Waals surface area contributed by atoms with Gasteiger partial charge < -0.3 is 10.2 Å². The summed E-state index contributed by atoms with van der Waals surface area (Å²) in [5, 5.41) is 3.04. The highest BCUT2D eigenvalue weighted by Gasteiger charge is 2.36. The van der Waals surface area contributed by atoms with Gasteiger partial charge in [0.2, 0.25) is 21.8 Å². The van der Waals surface area contributed by atoms with E-state index in [-0.39, 0.29) is 23.0 Å². The lowest BCUT2D eigenvalue weighted by Crippen LogP contribution is -2.53. The van der Waals surface area contributed by atoms with Crippen LogP contribution in [0.25, 0.3) is 0 Å². The Morgan fingerprint density at radius 2 is 1.64 bits per heavy atom. The first-order valence-electron chi connectivity index (χ1n) is 13.5. The summed E-state index contributed by atoms with van der Waals surface area (Å²) in [5.41, 5.74) is -0.565. The monoisotopic (exact) mass is 691 g/mol. The topological polar surface area (TPSA) is 86.8 Å². The number of hydrogen-bond acceptors (Lipinski definition) is 4. The quantitative estimate of drug-likeness (QED) is 0.196. The Bertz CT molecular complexity index is 1570. The van der Waals surface area contributed by atoms with Crippen LogP contribution in [0.2, 0.25) is 15.1 Å². The summed E-state index contributed by atoms with van der Waals surface area (Å²) < 4.78 is 66.9. The number of hydrogen-bond donors (Lipinski definition) is 1. The standard InChI is InChI=1S/C30H31Cl3F3N3O4S/c1-3-4-14-37-29(41)27(15-20-8-6-5-7-9-20)38(18-21-10-12-23(31)17-25(21)33)28(40)19-39(44(2,42)43)26-16-22(30(34,35)36)11-13-24(26)32/h5-13,16-17,27H,3-4,14-15,18-19H2,1-2H3,(H,37,41)/t27-/m1/s1. The van der Waals surface area contributed by atoms with Crippen molar-refractivity contribution in [3.05, 3.63) is 98.5 Å².